The predicted octanol–water partition coefficient (Wildman–Crippen LogP) is 2.68. The van der Waals surface area contributed by atoms with E-state index in [-0.39, 0.29) is 17.4 Å². The lowest BCUT2D eigenvalue weighted by Gasteiger charge is -2.42. The molecule has 2 amide bonds. The Hall–Kier alpha value is -2.30. The minimum Gasteiger partial charge on any atom is -0.372 e. The smallest absolute Gasteiger partial charge is 0.258 e. The van der Waals surface area contributed by atoms with E-state index >= 15 is 0 Å². The fraction of sp³-hybridized carbons (Fsp3) is 0.524. The van der Waals surface area contributed by atoms with E-state index in [2.05, 4.69) is 29.4 Å². The molecule has 3 fully saturated rings. The second-order valence-corrected chi connectivity index (χ2v) is 7.78. The number of benzene rings is 1. The van der Waals surface area contributed by atoms with Crippen LogP contribution < -0.4 is 15.5 Å². The summed E-state index contributed by atoms with van der Waals surface area (Å²) in [6.07, 6.45) is 6.00. The Morgan fingerprint density at radius 1 is 1.08 bits per heavy atom. The lowest BCUT2D eigenvalue weighted by molar-refractivity contribution is -0.132. The maximum Gasteiger partial charge on any atom is 0.258 e. The van der Waals surface area contributed by atoms with Crippen molar-refractivity contribution < 1.29 is 9.59 Å². The standard InChI is InChI=1S/C21H27N3O2/c1-3-24(4-2)17-9-6-14(7-10-17)12-18-19(25)22-21(23-20(18)26)13-15-5-8-16(21)11-15/h6-7,9-10,12,15-16H,3-5,8,11,13H2,1-2H3,(H,22,25)(H,23,26). The average molecular weight is 353 g/mol. The van der Waals surface area contributed by atoms with Crippen LogP contribution in [0.25, 0.3) is 6.08 Å². The van der Waals surface area contributed by atoms with Crippen LogP contribution in [0.1, 0.15) is 45.1 Å². The van der Waals surface area contributed by atoms with Crippen LogP contribution in [0.2, 0.25) is 0 Å². The van der Waals surface area contributed by atoms with Gasteiger partial charge in [-0.2, -0.15) is 0 Å². The second kappa shape index (κ2) is 6.45. The van der Waals surface area contributed by atoms with E-state index in [1.807, 2.05) is 24.3 Å². The van der Waals surface area contributed by atoms with Gasteiger partial charge in [0.2, 0.25) is 0 Å². The molecule has 0 aromatic heterocycles. The van der Waals surface area contributed by atoms with Crippen molar-refractivity contribution in [2.75, 3.05) is 18.0 Å². The molecule has 1 heterocycles. The molecule has 4 rings (SSSR count). The molecule has 5 heteroatoms. The fourth-order valence-electron chi connectivity index (χ4n) is 4.98. The Labute approximate surface area is 154 Å². The van der Waals surface area contributed by atoms with E-state index < -0.39 is 5.66 Å². The molecule has 2 saturated carbocycles. The van der Waals surface area contributed by atoms with Crippen molar-refractivity contribution in [1.29, 1.82) is 0 Å². The summed E-state index contributed by atoms with van der Waals surface area (Å²) in [6, 6.07) is 8.00. The molecule has 1 aliphatic heterocycles. The quantitative estimate of drug-likeness (QED) is 0.646. The van der Waals surface area contributed by atoms with Gasteiger partial charge in [0.15, 0.2) is 0 Å². The zero-order valence-corrected chi connectivity index (χ0v) is 15.5. The lowest BCUT2D eigenvalue weighted by atomic mass is 9.86. The van der Waals surface area contributed by atoms with Crippen LogP contribution in [0, 0.1) is 11.8 Å². The van der Waals surface area contributed by atoms with Crippen molar-refractivity contribution in [3.05, 3.63) is 35.4 Å². The van der Waals surface area contributed by atoms with Crippen molar-refractivity contribution in [3.8, 4) is 0 Å². The zero-order chi connectivity index (χ0) is 18.3. The Bertz CT molecular complexity index is 729. The van der Waals surface area contributed by atoms with Crippen molar-refractivity contribution in [1.82, 2.24) is 10.6 Å². The molecular formula is C21H27N3O2. The molecule has 0 radical (unpaired) electrons. The Kier molecular flexibility index (Phi) is 4.25. The summed E-state index contributed by atoms with van der Waals surface area (Å²) >= 11 is 0. The van der Waals surface area contributed by atoms with Crippen LogP contribution >= 0.6 is 0 Å². The van der Waals surface area contributed by atoms with Gasteiger partial charge in [-0.25, -0.2) is 0 Å². The summed E-state index contributed by atoms with van der Waals surface area (Å²) in [7, 11) is 0. The van der Waals surface area contributed by atoms with Crippen LogP contribution in [-0.2, 0) is 9.59 Å². The third-order valence-electron chi connectivity index (χ3n) is 6.34. The van der Waals surface area contributed by atoms with Gasteiger partial charge in [0.25, 0.3) is 11.8 Å². The van der Waals surface area contributed by atoms with E-state index in [0.717, 1.165) is 43.6 Å². The van der Waals surface area contributed by atoms with Gasteiger partial charge < -0.3 is 15.5 Å². The van der Waals surface area contributed by atoms with Crippen LogP contribution in [0.4, 0.5) is 5.69 Å². The molecule has 3 aliphatic rings. The number of amides is 2. The number of rotatable bonds is 4. The molecule has 26 heavy (non-hydrogen) atoms. The zero-order valence-electron chi connectivity index (χ0n) is 15.5. The molecule has 2 atom stereocenters. The molecule has 2 bridgehead atoms. The largest absolute Gasteiger partial charge is 0.372 e. The first kappa shape index (κ1) is 17.1. The number of nitrogens with zero attached hydrogens (tertiary/aromatic N) is 1. The Morgan fingerprint density at radius 2 is 1.73 bits per heavy atom. The van der Waals surface area contributed by atoms with Crippen molar-refractivity contribution in [3.63, 3.8) is 0 Å². The highest BCUT2D eigenvalue weighted by Crippen LogP contribution is 2.50. The summed E-state index contributed by atoms with van der Waals surface area (Å²) in [4.78, 5) is 27.6. The lowest BCUT2D eigenvalue weighted by Crippen LogP contribution is -2.68. The van der Waals surface area contributed by atoms with Crippen molar-refractivity contribution in [2.24, 2.45) is 11.8 Å². The first-order valence-electron chi connectivity index (χ1n) is 9.76. The van der Waals surface area contributed by atoms with E-state index in [4.69, 9.17) is 0 Å². The highest BCUT2D eigenvalue weighted by Gasteiger charge is 2.55. The van der Waals surface area contributed by atoms with E-state index in [1.165, 1.54) is 6.42 Å². The number of hydrogen-bond acceptors (Lipinski definition) is 3. The third-order valence-corrected chi connectivity index (χ3v) is 6.34. The number of hydrogen-bond donors (Lipinski definition) is 2. The molecule has 1 aromatic carbocycles. The monoisotopic (exact) mass is 353 g/mol. The molecular weight excluding hydrogens is 326 g/mol. The van der Waals surface area contributed by atoms with Gasteiger partial charge in [0.1, 0.15) is 11.2 Å². The Balaban J connectivity index is 1.53. The highest BCUT2D eigenvalue weighted by molar-refractivity contribution is 6.23. The molecule has 1 spiro atoms. The molecule has 2 N–H and O–H groups in total. The molecule has 5 nitrogen and oxygen atoms in total. The maximum atomic E-state index is 12.7. The SMILES string of the molecule is CCN(CC)c1ccc(C=C2C(=O)NC3(CC4CCC3C4)NC2=O)cc1. The third kappa shape index (κ3) is 2.79. The molecule has 2 unspecified atom stereocenters. The van der Waals surface area contributed by atoms with Crippen LogP contribution in [0.3, 0.4) is 0 Å². The molecule has 1 saturated heterocycles. The van der Waals surface area contributed by atoms with Crippen molar-refractivity contribution >= 4 is 23.6 Å². The first-order chi connectivity index (χ1) is 12.5. The van der Waals surface area contributed by atoms with Crippen molar-refractivity contribution in [2.45, 2.75) is 45.2 Å². The van der Waals surface area contributed by atoms with E-state index in [0.29, 0.717) is 11.8 Å². The Morgan fingerprint density at radius 3 is 2.23 bits per heavy atom. The second-order valence-electron chi connectivity index (χ2n) is 7.78. The minimum atomic E-state index is -0.499. The maximum absolute atomic E-state index is 12.7. The van der Waals surface area contributed by atoms with E-state index in [9.17, 15) is 9.59 Å². The number of nitrogens with one attached hydrogen (secondary N) is 2. The first-order valence-corrected chi connectivity index (χ1v) is 9.76. The summed E-state index contributed by atoms with van der Waals surface area (Å²) in [5.74, 6) is 0.539. The summed E-state index contributed by atoms with van der Waals surface area (Å²) < 4.78 is 0. The van der Waals surface area contributed by atoms with Crippen LogP contribution in [-0.4, -0.2) is 30.6 Å². The van der Waals surface area contributed by atoms with Gasteiger partial charge in [-0.1, -0.05) is 12.1 Å². The van der Waals surface area contributed by atoms with Crippen LogP contribution in [0.5, 0.6) is 0 Å². The van der Waals surface area contributed by atoms with Gasteiger partial charge in [0.05, 0.1) is 0 Å². The van der Waals surface area contributed by atoms with E-state index in [1.54, 1.807) is 6.08 Å². The van der Waals surface area contributed by atoms with Crippen LogP contribution in [0.15, 0.2) is 29.8 Å². The molecule has 2 aliphatic carbocycles. The van der Waals surface area contributed by atoms with Gasteiger partial charge in [-0.15, -0.1) is 0 Å². The van der Waals surface area contributed by atoms with Gasteiger partial charge in [0, 0.05) is 24.7 Å². The summed E-state index contributed by atoms with van der Waals surface area (Å²) in [5.41, 5.74) is 1.72. The molecule has 138 valence electrons. The number of anilines is 1. The highest BCUT2D eigenvalue weighted by atomic mass is 16.2. The van der Waals surface area contributed by atoms with Gasteiger partial charge >= 0.3 is 0 Å². The topological polar surface area (TPSA) is 61.4 Å². The average Bonchev–Trinajstić information content (AvgIpc) is 3.21. The summed E-state index contributed by atoms with van der Waals surface area (Å²) in [6.45, 7) is 6.15. The number of fused-ring (bicyclic) bond motifs is 3. The van der Waals surface area contributed by atoms with Gasteiger partial charge in [-0.3, -0.25) is 9.59 Å². The predicted molar refractivity (Wildman–Crippen MR) is 102 cm³/mol. The van der Waals surface area contributed by atoms with Gasteiger partial charge in [-0.05, 0) is 69.2 Å². The molecule has 1 aromatic rings. The number of carbonyl (C=O) groups excluding carboxylic acids is 2. The fourth-order valence-corrected chi connectivity index (χ4v) is 4.98. The minimum absolute atomic E-state index is 0.203. The normalized spacial score (nSPS) is 29.7. The summed E-state index contributed by atoms with van der Waals surface area (Å²) in [5, 5.41) is 6.25. The number of carbonyl (C=O) groups is 2.